The molecule has 0 aromatic carbocycles. The number of oxazole rings is 1. The molecule has 7 heteroatoms. The van der Waals surface area contributed by atoms with E-state index in [2.05, 4.69) is 10.3 Å². The van der Waals surface area contributed by atoms with E-state index in [9.17, 15) is 13.2 Å². The third kappa shape index (κ3) is 5.68. The third-order valence-electron chi connectivity index (χ3n) is 1.43. The number of hydrogen-bond acceptors (Lipinski definition) is 4. The summed E-state index contributed by atoms with van der Waals surface area (Å²) < 4.78 is 40.1. The summed E-state index contributed by atoms with van der Waals surface area (Å²) in [6.07, 6.45) is -2.64. The van der Waals surface area contributed by atoms with Crippen LogP contribution in [0.2, 0.25) is 0 Å². The van der Waals surface area contributed by atoms with E-state index in [4.69, 9.17) is 4.42 Å². The zero-order valence-electron chi connectivity index (χ0n) is 8.10. The molecule has 1 N–H and O–H groups in total. The smallest absolute Gasteiger partial charge is 0.401 e. The van der Waals surface area contributed by atoms with Crippen LogP contribution in [-0.4, -0.2) is 30.0 Å². The third-order valence-corrected chi connectivity index (χ3v) is 2.27. The zero-order valence-corrected chi connectivity index (χ0v) is 8.91. The molecule has 0 radical (unpaired) electrons. The standard InChI is InChI=1S/C8H11F3N2OS/c1-6-4-14-7(13-6)15-3-2-12-5-8(9,10)11/h4,12H,2-3,5H2,1H3. The van der Waals surface area contributed by atoms with Crippen LogP contribution in [0.15, 0.2) is 15.9 Å². The van der Waals surface area contributed by atoms with Crippen LogP contribution in [0.4, 0.5) is 13.2 Å². The van der Waals surface area contributed by atoms with Crippen molar-refractivity contribution in [3.05, 3.63) is 12.0 Å². The molecule has 0 aliphatic rings. The van der Waals surface area contributed by atoms with Crippen LogP contribution in [-0.2, 0) is 0 Å². The van der Waals surface area contributed by atoms with Gasteiger partial charge in [-0.05, 0) is 6.92 Å². The zero-order chi connectivity index (χ0) is 11.3. The number of nitrogens with one attached hydrogen (secondary N) is 1. The second-order valence-corrected chi connectivity index (χ2v) is 3.94. The van der Waals surface area contributed by atoms with Crippen molar-refractivity contribution in [1.29, 1.82) is 0 Å². The summed E-state index contributed by atoms with van der Waals surface area (Å²) in [5, 5.41) is 2.77. The van der Waals surface area contributed by atoms with E-state index in [1.54, 1.807) is 6.92 Å². The van der Waals surface area contributed by atoms with Gasteiger partial charge in [0.25, 0.3) is 5.22 Å². The van der Waals surface area contributed by atoms with E-state index in [1.165, 1.54) is 18.0 Å². The molecule has 0 bridgehead atoms. The number of rotatable bonds is 5. The Bertz CT molecular complexity index is 300. The average Bonchev–Trinajstić information content (AvgIpc) is 2.49. The lowest BCUT2D eigenvalue weighted by Crippen LogP contribution is -2.30. The van der Waals surface area contributed by atoms with Crippen LogP contribution in [0, 0.1) is 6.92 Å². The van der Waals surface area contributed by atoms with Crippen LogP contribution >= 0.6 is 11.8 Å². The molecule has 0 spiro atoms. The molecule has 0 aliphatic carbocycles. The summed E-state index contributed by atoms with van der Waals surface area (Å²) in [5.41, 5.74) is 0.765. The quantitative estimate of drug-likeness (QED) is 0.632. The van der Waals surface area contributed by atoms with E-state index in [0.717, 1.165) is 5.69 Å². The molecule has 0 amide bonds. The minimum absolute atomic E-state index is 0.269. The molecule has 0 atom stereocenters. The Morgan fingerprint density at radius 1 is 1.53 bits per heavy atom. The molecule has 0 aliphatic heterocycles. The largest absolute Gasteiger partial charge is 0.440 e. The van der Waals surface area contributed by atoms with E-state index < -0.39 is 12.7 Å². The first kappa shape index (κ1) is 12.4. The molecular formula is C8H11F3N2OS. The van der Waals surface area contributed by atoms with Crippen molar-refractivity contribution in [2.45, 2.75) is 18.3 Å². The van der Waals surface area contributed by atoms with Crippen LogP contribution in [0.25, 0.3) is 0 Å². The van der Waals surface area contributed by atoms with Crippen molar-refractivity contribution < 1.29 is 17.6 Å². The second-order valence-electron chi connectivity index (χ2n) is 2.90. The lowest BCUT2D eigenvalue weighted by atomic mass is 10.6. The van der Waals surface area contributed by atoms with Crippen molar-refractivity contribution in [3.63, 3.8) is 0 Å². The molecule has 1 aromatic rings. The molecule has 15 heavy (non-hydrogen) atoms. The van der Waals surface area contributed by atoms with Gasteiger partial charge in [0.2, 0.25) is 0 Å². The Balaban J connectivity index is 2.07. The monoisotopic (exact) mass is 240 g/mol. The maximum absolute atomic E-state index is 11.7. The summed E-state index contributed by atoms with van der Waals surface area (Å²) >= 11 is 1.28. The van der Waals surface area contributed by atoms with E-state index in [-0.39, 0.29) is 6.54 Å². The molecule has 0 saturated carbocycles. The summed E-state index contributed by atoms with van der Waals surface area (Å²) in [4.78, 5) is 4.00. The molecule has 1 rings (SSSR count). The molecule has 0 fully saturated rings. The highest BCUT2D eigenvalue weighted by molar-refractivity contribution is 7.99. The normalized spacial score (nSPS) is 12.0. The summed E-state index contributed by atoms with van der Waals surface area (Å²) in [5.74, 6) is 0.496. The van der Waals surface area contributed by atoms with Gasteiger partial charge in [-0.15, -0.1) is 0 Å². The number of thioether (sulfide) groups is 1. The van der Waals surface area contributed by atoms with Gasteiger partial charge in [-0.2, -0.15) is 13.2 Å². The van der Waals surface area contributed by atoms with E-state index >= 15 is 0 Å². The van der Waals surface area contributed by atoms with Gasteiger partial charge in [0.05, 0.1) is 12.2 Å². The molecule has 86 valence electrons. The van der Waals surface area contributed by atoms with Gasteiger partial charge in [0, 0.05) is 12.3 Å². The Morgan fingerprint density at radius 2 is 2.27 bits per heavy atom. The van der Waals surface area contributed by atoms with Crippen molar-refractivity contribution in [2.75, 3.05) is 18.8 Å². The SMILES string of the molecule is Cc1coc(SCCNCC(F)(F)F)n1. The van der Waals surface area contributed by atoms with E-state index in [1.807, 2.05) is 0 Å². The number of aryl methyl sites for hydroxylation is 1. The van der Waals surface area contributed by atoms with Crippen molar-refractivity contribution in [3.8, 4) is 0 Å². The molecule has 1 heterocycles. The molecule has 0 saturated heterocycles. The maximum Gasteiger partial charge on any atom is 0.401 e. The van der Waals surface area contributed by atoms with Crippen molar-refractivity contribution in [1.82, 2.24) is 10.3 Å². The summed E-state index contributed by atoms with van der Waals surface area (Å²) in [7, 11) is 0. The summed E-state index contributed by atoms with van der Waals surface area (Å²) in [6.45, 7) is 1.10. The van der Waals surface area contributed by atoms with Crippen molar-refractivity contribution >= 4 is 11.8 Å². The Kier molecular flexibility index (Phi) is 4.46. The predicted octanol–water partition coefficient (Wildman–Crippen LogP) is 2.23. The predicted molar refractivity (Wildman–Crippen MR) is 50.9 cm³/mol. The van der Waals surface area contributed by atoms with Gasteiger partial charge in [-0.25, -0.2) is 4.98 Å². The number of aromatic nitrogens is 1. The fourth-order valence-corrected chi connectivity index (χ4v) is 1.59. The molecule has 1 aromatic heterocycles. The van der Waals surface area contributed by atoms with Crippen LogP contribution in [0.1, 0.15) is 5.69 Å². The molecule has 3 nitrogen and oxygen atoms in total. The fraction of sp³-hybridized carbons (Fsp3) is 0.625. The fourth-order valence-electron chi connectivity index (χ4n) is 0.839. The second kappa shape index (κ2) is 5.41. The topological polar surface area (TPSA) is 38.1 Å². The first-order chi connectivity index (χ1) is 6.97. The van der Waals surface area contributed by atoms with Gasteiger partial charge in [-0.3, -0.25) is 0 Å². The highest BCUT2D eigenvalue weighted by atomic mass is 32.2. The lowest BCUT2D eigenvalue weighted by Gasteiger charge is -2.06. The highest BCUT2D eigenvalue weighted by Gasteiger charge is 2.25. The number of hydrogen-bond donors (Lipinski definition) is 1. The molecular weight excluding hydrogens is 229 g/mol. The minimum Gasteiger partial charge on any atom is -0.440 e. The maximum atomic E-state index is 11.7. The Labute approximate surface area is 89.4 Å². The first-order valence-electron chi connectivity index (χ1n) is 4.30. The minimum atomic E-state index is -4.15. The number of nitrogens with zero attached hydrogens (tertiary/aromatic N) is 1. The Morgan fingerprint density at radius 3 is 2.80 bits per heavy atom. The van der Waals surface area contributed by atoms with Crippen LogP contribution in [0.5, 0.6) is 0 Å². The highest BCUT2D eigenvalue weighted by Crippen LogP contribution is 2.16. The number of halogens is 3. The average molecular weight is 240 g/mol. The van der Waals surface area contributed by atoms with Crippen LogP contribution < -0.4 is 5.32 Å². The Hall–Kier alpha value is -0.690. The van der Waals surface area contributed by atoms with Gasteiger partial charge >= 0.3 is 6.18 Å². The van der Waals surface area contributed by atoms with Gasteiger partial charge in [-0.1, -0.05) is 11.8 Å². The first-order valence-corrected chi connectivity index (χ1v) is 5.28. The van der Waals surface area contributed by atoms with Crippen molar-refractivity contribution in [2.24, 2.45) is 0 Å². The molecule has 0 unspecified atom stereocenters. The van der Waals surface area contributed by atoms with Gasteiger partial charge in [0.15, 0.2) is 0 Å². The summed E-state index contributed by atoms with van der Waals surface area (Å²) in [6, 6.07) is 0. The van der Waals surface area contributed by atoms with Gasteiger partial charge in [0.1, 0.15) is 6.26 Å². The van der Waals surface area contributed by atoms with Gasteiger partial charge < -0.3 is 9.73 Å². The number of alkyl halides is 3. The van der Waals surface area contributed by atoms with Crippen LogP contribution in [0.3, 0.4) is 0 Å². The lowest BCUT2D eigenvalue weighted by molar-refractivity contribution is -0.124. The van der Waals surface area contributed by atoms with E-state index in [0.29, 0.717) is 11.0 Å².